The lowest BCUT2D eigenvalue weighted by Gasteiger charge is -2.29. The first-order valence-corrected chi connectivity index (χ1v) is 11.5. The van der Waals surface area contributed by atoms with Crippen LogP contribution in [0.5, 0.6) is 5.75 Å². The van der Waals surface area contributed by atoms with Gasteiger partial charge in [0.1, 0.15) is 11.6 Å². The number of nitrogens with one attached hydrogen (secondary N) is 3. The fraction of sp³-hybridized carbons (Fsp3) is 0.480. The van der Waals surface area contributed by atoms with Crippen molar-refractivity contribution in [2.45, 2.75) is 32.7 Å². The zero-order chi connectivity index (χ0) is 25.2. The number of amidine groups is 1. The number of aryl methyl sites for hydroxylation is 1. The van der Waals surface area contributed by atoms with Gasteiger partial charge in [-0.25, -0.2) is 0 Å². The average molecular weight is 480 g/mol. The Kier molecular flexibility index (Phi) is 16.9. The molecule has 8 heteroatoms. The topological polar surface area (TPSA) is 107 Å². The molecule has 1 fully saturated rings. The molecule has 0 unspecified atom stereocenters. The van der Waals surface area contributed by atoms with E-state index in [-0.39, 0.29) is 0 Å². The minimum Gasteiger partial charge on any atom is -0.495 e. The maximum atomic E-state index is 8.41. The highest BCUT2D eigenvalue weighted by atomic mass is 35.5. The largest absolute Gasteiger partial charge is 0.495 e. The van der Waals surface area contributed by atoms with Crippen LogP contribution in [-0.2, 0) is 6.54 Å². The monoisotopic (exact) mass is 479 g/mol. The summed E-state index contributed by atoms with van der Waals surface area (Å²) in [5.74, 6) is 1.39. The number of nitrogens with two attached hydrogens (primary N) is 1. The number of aliphatic hydroxyl groups excluding tert-OH is 1. The van der Waals surface area contributed by atoms with E-state index >= 15 is 0 Å². The number of methoxy groups -OCH3 is 1. The zero-order valence-corrected chi connectivity index (χ0v) is 21.7. The van der Waals surface area contributed by atoms with Crippen molar-refractivity contribution >= 4 is 23.1 Å². The summed E-state index contributed by atoms with van der Waals surface area (Å²) in [4.78, 5) is 2.18. The maximum Gasteiger partial charge on any atom is 0.143 e. The number of nitrogens with zero attached hydrogens (tertiary/aromatic N) is 1. The van der Waals surface area contributed by atoms with Crippen molar-refractivity contribution in [2.24, 2.45) is 5.73 Å². The number of anilines is 1. The van der Waals surface area contributed by atoms with Crippen molar-refractivity contribution < 1.29 is 9.84 Å². The van der Waals surface area contributed by atoms with Gasteiger partial charge in [-0.1, -0.05) is 35.9 Å². The normalized spacial score (nSPS) is 12.1. The molecule has 1 heterocycles. The van der Waals surface area contributed by atoms with Crippen molar-refractivity contribution in [1.82, 2.24) is 10.2 Å². The lowest BCUT2D eigenvalue weighted by molar-refractivity contribution is 0.341. The first-order valence-electron chi connectivity index (χ1n) is 11.1. The second-order valence-electron chi connectivity index (χ2n) is 7.25. The summed E-state index contributed by atoms with van der Waals surface area (Å²) in [5, 5.41) is 22.3. The molecule has 1 saturated heterocycles. The molecule has 33 heavy (non-hydrogen) atoms. The molecule has 0 aromatic heterocycles. The van der Waals surface area contributed by atoms with Crippen molar-refractivity contribution in [3.05, 3.63) is 58.1 Å². The van der Waals surface area contributed by atoms with Crippen LogP contribution in [0.1, 0.15) is 36.0 Å². The van der Waals surface area contributed by atoms with Gasteiger partial charge in [-0.15, -0.1) is 0 Å². The van der Waals surface area contributed by atoms with Crippen LogP contribution in [0.2, 0.25) is 5.02 Å². The molecular weight excluding hydrogens is 438 g/mol. The Hall–Kier alpha value is -2.32. The van der Waals surface area contributed by atoms with Crippen LogP contribution in [0.15, 0.2) is 36.4 Å². The van der Waals surface area contributed by atoms with E-state index in [2.05, 4.69) is 33.4 Å². The van der Waals surface area contributed by atoms with Gasteiger partial charge in [0.05, 0.1) is 12.8 Å². The fourth-order valence-electron chi connectivity index (χ4n) is 3.37. The summed E-state index contributed by atoms with van der Waals surface area (Å²) >= 11 is 6.10. The molecule has 0 bridgehead atoms. The molecule has 3 rings (SSSR count). The van der Waals surface area contributed by atoms with E-state index < -0.39 is 0 Å². The molecule has 0 aliphatic carbocycles. The van der Waals surface area contributed by atoms with Gasteiger partial charge in [-0.05, 0) is 64.5 Å². The van der Waals surface area contributed by atoms with Gasteiger partial charge in [0.15, 0.2) is 0 Å². The van der Waals surface area contributed by atoms with Crippen LogP contribution in [0, 0.1) is 12.3 Å². The van der Waals surface area contributed by atoms with E-state index in [4.69, 9.17) is 26.9 Å². The smallest absolute Gasteiger partial charge is 0.143 e. The lowest BCUT2D eigenvalue weighted by Crippen LogP contribution is -2.35. The van der Waals surface area contributed by atoms with Crippen molar-refractivity contribution in [3.8, 4) is 5.75 Å². The van der Waals surface area contributed by atoms with E-state index in [1.165, 1.54) is 26.3 Å². The molecule has 0 spiro atoms. The number of hydrogen-bond donors (Lipinski definition) is 5. The summed E-state index contributed by atoms with van der Waals surface area (Å²) < 4.78 is 5.43. The number of hydrogen-bond acceptors (Lipinski definition) is 6. The molecule has 2 aromatic rings. The van der Waals surface area contributed by atoms with E-state index in [1.807, 2.05) is 45.3 Å². The molecule has 0 saturated carbocycles. The average Bonchev–Trinajstić information content (AvgIpc) is 2.86. The minimum absolute atomic E-state index is 0.638. The molecule has 0 radical (unpaired) electrons. The first-order chi connectivity index (χ1) is 16.0. The summed E-state index contributed by atoms with van der Waals surface area (Å²) in [5.41, 5.74) is 8.66. The van der Waals surface area contributed by atoms with Crippen molar-refractivity contribution in [1.29, 1.82) is 5.41 Å². The van der Waals surface area contributed by atoms with Crippen LogP contribution in [0.4, 0.5) is 5.69 Å². The van der Waals surface area contributed by atoms with E-state index in [0.29, 0.717) is 17.4 Å². The molecule has 2 aromatic carbocycles. The third-order valence-electron chi connectivity index (χ3n) is 4.85. The van der Waals surface area contributed by atoms with Gasteiger partial charge in [-0.3, -0.25) is 5.41 Å². The second-order valence-corrected chi connectivity index (χ2v) is 7.68. The third kappa shape index (κ3) is 10.4. The maximum absolute atomic E-state index is 8.41. The second kappa shape index (κ2) is 18.1. The highest BCUT2D eigenvalue weighted by Gasteiger charge is 2.15. The lowest BCUT2D eigenvalue weighted by atomic mass is 10.1. The summed E-state index contributed by atoms with van der Waals surface area (Å²) in [6.45, 7) is 4.70. The van der Waals surface area contributed by atoms with E-state index in [0.717, 1.165) is 48.3 Å². The Balaban J connectivity index is 0.00000132. The Morgan fingerprint density at radius 3 is 2.15 bits per heavy atom. The molecule has 1 aliphatic rings. The van der Waals surface area contributed by atoms with E-state index in [1.54, 1.807) is 7.11 Å². The number of benzene rings is 2. The third-order valence-corrected chi connectivity index (χ3v) is 5.07. The SMILES string of the molecule is CN.CNC.CO.COc1cc(Cl)cc(C)c1NCc1ccc(C(=N)N2CCCCC2)cc1. The number of halogens is 1. The number of ether oxygens (including phenoxy) is 1. The molecular formula is C25H42ClN5O2. The highest BCUT2D eigenvalue weighted by molar-refractivity contribution is 6.31. The Bertz CT molecular complexity index is 794. The Morgan fingerprint density at radius 2 is 1.64 bits per heavy atom. The number of likely N-dealkylation sites (tertiary alicyclic amines) is 1. The summed E-state index contributed by atoms with van der Waals surface area (Å²) in [7, 11) is 7.90. The molecule has 0 atom stereocenters. The van der Waals surface area contributed by atoms with Gasteiger partial charge in [0, 0.05) is 43.4 Å². The van der Waals surface area contributed by atoms with Crippen LogP contribution in [0.25, 0.3) is 0 Å². The highest BCUT2D eigenvalue weighted by Crippen LogP contribution is 2.32. The molecule has 6 N–H and O–H groups in total. The molecule has 7 nitrogen and oxygen atoms in total. The summed E-state index contributed by atoms with van der Waals surface area (Å²) in [6.07, 6.45) is 3.65. The van der Waals surface area contributed by atoms with Gasteiger partial charge >= 0.3 is 0 Å². The minimum atomic E-state index is 0.638. The van der Waals surface area contributed by atoms with Crippen LogP contribution >= 0.6 is 11.6 Å². The van der Waals surface area contributed by atoms with Gasteiger partial charge in [0.2, 0.25) is 0 Å². The molecule has 186 valence electrons. The van der Waals surface area contributed by atoms with Crippen molar-refractivity contribution in [3.63, 3.8) is 0 Å². The van der Waals surface area contributed by atoms with Crippen LogP contribution < -0.4 is 21.1 Å². The predicted octanol–water partition coefficient (Wildman–Crippen LogP) is 4.10. The van der Waals surface area contributed by atoms with Gasteiger partial charge in [-0.2, -0.15) is 0 Å². The number of piperidine rings is 1. The van der Waals surface area contributed by atoms with Gasteiger partial charge in [0.25, 0.3) is 0 Å². The number of aliphatic hydroxyl groups is 1. The quantitative estimate of drug-likeness (QED) is 0.326. The fourth-order valence-corrected chi connectivity index (χ4v) is 3.63. The van der Waals surface area contributed by atoms with Crippen LogP contribution in [-0.4, -0.2) is 64.3 Å². The zero-order valence-electron chi connectivity index (χ0n) is 21.0. The standard InChI is InChI=1S/C21H26ClN3O.C2H7N.CH5N.CH4O/c1-15-12-18(22)13-19(26-2)20(15)24-14-16-6-8-17(9-7-16)21(23)25-10-4-3-5-11-25;1-3-2;2*1-2/h6-9,12-13,23-24H,3-5,10-11,14H2,1-2H3;3H,1-2H3;2H2,1H3;2H,1H3. The van der Waals surface area contributed by atoms with E-state index in [9.17, 15) is 0 Å². The molecule has 0 amide bonds. The Morgan fingerprint density at radius 1 is 1.09 bits per heavy atom. The predicted molar refractivity (Wildman–Crippen MR) is 142 cm³/mol. The summed E-state index contributed by atoms with van der Waals surface area (Å²) in [6, 6.07) is 12.0. The van der Waals surface area contributed by atoms with Gasteiger partial charge < -0.3 is 31.1 Å². The first kappa shape index (κ1) is 30.7. The van der Waals surface area contributed by atoms with Crippen molar-refractivity contribution in [2.75, 3.05) is 53.8 Å². The molecule has 1 aliphatic heterocycles. The van der Waals surface area contributed by atoms with Crippen LogP contribution in [0.3, 0.4) is 0 Å². The number of rotatable bonds is 5. The Labute approximate surface area is 204 Å².